The monoisotopic (exact) mass is 328 g/mol. The van der Waals surface area contributed by atoms with E-state index in [0.717, 1.165) is 16.9 Å². The van der Waals surface area contributed by atoms with Gasteiger partial charge in [-0.3, -0.25) is 0 Å². The van der Waals surface area contributed by atoms with Crippen LogP contribution in [0.2, 0.25) is 0 Å². The summed E-state index contributed by atoms with van der Waals surface area (Å²) < 4.78 is 25.1. The molecule has 0 radical (unpaired) electrons. The quantitative estimate of drug-likeness (QED) is 0.723. The van der Waals surface area contributed by atoms with E-state index in [4.69, 9.17) is 4.98 Å². The van der Waals surface area contributed by atoms with Crippen LogP contribution in [0, 0.1) is 6.92 Å². The van der Waals surface area contributed by atoms with Crippen LogP contribution < -0.4 is 0 Å². The van der Waals surface area contributed by atoms with Crippen LogP contribution in [0.5, 0.6) is 0 Å². The van der Waals surface area contributed by atoms with Crippen LogP contribution in [-0.2, 0) is 22.8 Å². The molecular formula is C18H20N2O2S. The fraction of sp³-hybridized carbons (Fsp3) is 0.278. The van der Waals surface area contributed by atoms with E-state index >= 15 is 0 Å². The molecule has 23 heavy (non-hydrogen) atoms. The van der Waals surface area contributed by atoms with Gasteiger partial charge in [0.15, 0.2) is 0 Å². The molecule has 0 spiro atoms. The van der Waals surface area contributed by atoms with Crippen LogP contribution in [-0.4, -0.2) is 30.0 Å². The molecule has 0 atom stereocenters. The molecule has 0 saturated carbocycles. The van der Waals surface area contributed by atoms with E-state index in [0.29, 0.717) is 13.0 Å². The Balaban J connectivity index is 2.03. The number of benzene rings is 2. The number of fused-ring (bicyclic) bond motifs is 1. The van der Waals surface area contributed by atoms with E-state index in [1.807, 2.05) is 41.0 Å². The Morgan fingerprint density at radius 3 is 2.48 bits per heavy atom. The first kappa shape index (κ1) is 15.7. The number of rotatable bonds is 5. The van der Waals surface area contributed by atoms with Crippen LogP contribution in [0.15, 0.2) is 48.5 Å². The van der Waals surface area contributed by atoms with Crippen molar-refractivity contribution < 1.29 is 8.42 Å². The molecule has 0 aliphatic carbocycles. The molecule has 4 nitrogen and oxygen atoms in total. The second kappa shape index (κ2) is 6.16. The van der Waals surface area contributed by atoms with Gasteiger partial charge in [-0.05, 0) is 30.2 Å². The summed E-state index contributed by atoms with van der Waals surface area (Å²) in [5.74, 6) is 1.03. The summed E-state index contributed by atoms with van der Waals surface area (Å²) in [7, 11) is -3.02. The van der Waals surface area contributed by atoms with E-state index in [1.165, 1.54) is 17.4 Å². The van der Waals surface area contributed by atoms with Gasteiger partial charge in [-0.15, -0.1) is 0 Å². The van der Waals surface area contributed by atoms with Crippen molar-refractivity contribution in [2.24, 2.45) is 0 Å². The maximum Gasteiger partial charge on any atom is 0.149 e. The van der Waals surface area contributed by atoms with Gasteiger partial charge in [0.05, 0.1) is 16.8 Å². The van der Waals surface area contributed by atoms with Gasteiger partial charge in [0, 0.05) is 19.2 Å². The van der Waals surface area contributed by atoms with Crippen molar-refractivity contribution in [3.63, 3.8) is 0 Å². The lowest BCUT2D eigenvalue weighted by atomic mass is 10.1. The van der Waals surface area contributed by atoms with Gasteiger partial charge in [0.2, 0.25) is 0 Å². The zero-order valence-electron chi connectivity index (χ0n) is 13.4. The first-order valence-corrected chi connectivity index (χ1v) is 9.66. The fourth-order valence-electron chi connectivity index (χ4n) is 2.75. The third-order valence-electron chi connectivity index (χ3n) is 4.03. The first-order valence-electron chi connectivity index (χ1n) is 7.60. The molecule has 3 aromatic rings. The highest BCUT2D eigenvalue weighted by atomic mass is 32.2. The molecule has 0 unspecified atom stereocenters. The normalized spacial score (nSPS) is 11.9. The number of sulfone groups is 1. The predicted octanol–water partition coefficient (Wildman–Crippen LogP) is 2.98. The molecule has 0 saturated heterocycles. The van der Waals surface area contributed by atoms with E-state index in [1.54, 1.807) is 0 Å². The third-order valence-corrected chi connectivity index (χ3v) is 4.95. The summed E-state index contributed by atoms with van der Waals surface area (Å²) in [4.78, 5) is 4.72. The molecule has 5 heteroatoms. The predicted molar refractivity (Wildman–Crippen MR) is 93.4 cm³/mol. The third kappa shape index (κ3) is 3.62. The Labute approximate surface area is 136 Å². The lowest BCUT2D eigenvalue weighted by molar-refractivity contribution is 0.594. The zero-order chi connectivity index (χ0) is 16.4. The van der Waals surface area contributed by atoms with Gasteiger partial charge in [0.25, 0.3) is 0 Å². The summed E-state index contributed by atoms with van der Waals surface area (Å²) in [5, 5.41) is 0. The lowest BCUT2D eigenvalue weighted by Crippen LogP contribution is -2.14. The largest absolute Gasteiger partial charge is 0.327 e. The van der Waals surface area contributed by atoms with Gasteiger partial charge in [-0.2, -0.15) is 0 Å². The van der Waals surface area contributed by atoms with E-state index in [9.17, 15) is 8.42 Å². The lowest BCUT2D eigenvalue weighted by Gasteiger charge is -2.10. The number of imidazole rings is 1. The second-order valence-corrected chi connectivity index (χ2v) is 8.16. The summed E-state index contributed by atoms with van der Waals surface area (Å²) in [6.07, 6.45) is 1.97. The summed E-state index contributed by atoms with van der Waals surface area (Å²) in [6, 6.07) is 16.1. The number of aromatic nitrogens is 2. The molecule has 1 aromatic heterocycles. The second-order valence-electron chi connectivity index (χ2n) is 5.90. The average Bonchev–Trinajstić information content (AvgIpc) is 2.84. The van der Waals surface area contributed by atoms with Crippen molar-refractivity contribution in [2.75, 3.05) is 12.0 Å². The van der Waals surface area contributed by atoms with Crippen LogP contribution in [0.3, 0.4) is 0 Å². The van der Waals surface area contributed by atoms with Crippen molar-refractivity contribution in [3.8, 4) is 0 Å². The molecule has 1 heterocycles. The Morgan fingerprint density at radius 2 is 1.74 bits per heavy atom. The Morgan fingerprint density at radius 1 is 1.04 bits per heavy atom. The SMILES string of the molecule is Cc1ccccc1Cc1nc2ccccc2n1CCS(C)(=O)=O. The number of hydrogen-bond acceptors (Lipinski definition) is 3. The van der Waals surface area contributed by atoms with Crippen molar-refractivity contribution in [1.29, 1.82) is 0 Å². The molecular weight excluding hydrogens is 308 g/mol. The number of nitrogens with zero attached hydrogens (tertiary/aromatic N) is 2. The van der Waals surface area contributed by atoms with Crippen molar-refractivity contribution >= 4 is 20.9 Å². The molecule has 3 rings (SSSR count). The standard InChI is InChI=1S/C18H20N2O2S/c1-14-7-3-4-8-15(14)13-18-19-16-9-5-6-10-17(16)20(18)11-12-23(2,21)22/h3-10H,11-13H2,1-2H3. The fourth-order valence-corrected chi connectivity index (χ4v) is 3.26. The van der Waals surface area contributed by atoms with Crippen LogP contribution in [0.25, 0.3) is 11.0 Å². The minimum atomic E-state index is -3.02. The summed E-state index contributed by atoms with van der Waals surface area (Å²) in [5.41, 5.74) is 4.32. The van der Waals surface area contributed by atoms with Gasteiger partial charge < -0.3 is 4.57 Å². The summed E-state index contributed by atoms with van der Waals surface area (Å²) >= 11 is 0. The Hall–Kier alpha value is -2.14. The van der Waals surface area contributed by atoms with Crippen LogP contribution >= 0.6 is 0 Å². The van der Waals surface area contributed by atoms with E-state index < -0.39 is 9.84 Å². The highest BCUT2D eigenvalue weighted by molar-refractivity contribution is 7.90. The molecule has 0 aliphatic rings. The Kier molecular flexibility index (Phi) is 4.22. The average molecular weight is 328 g/mol. The zero-order valence-corrected chi connectivity index (χ0v) is 14.2. The smallest absolute Gasteiger partial charge is 0.149 e. The molecule has 0 aliphatic heterocycles. The highest BCUT2D eigenvalue weighted by Gasteiger charge is 2.13. The van der Waals surface area contributed by atoms with Gasteiger partial charge in [-0.1, -0.05) is 36.4 Å². The molecule has 0 bridgehead atoms. The molecule has 0 fully saturated rings. The van der Waals surface area contributed by atoms with E-state index in [-0.39, 0.29) is 5.75 Å². The minimum Gasteiger partial charge on any atom is -0.327 e. The van der Waals surface area contributed by atoms with Crippen molar-refractivity contribution in [2.45, 2.75) is 19.9 Å². The van der Waals surface area contributed by atoms with Gasteiger partial charge in [-0.25, -0.2) is 13.4 Å². The van der Waals surface area contributed by atoms with Crippen molar-refractivity contribution in [1.82, 2.24) is 9.55 Å². The van der Waals surface area contributed by atoms with Crippen LogP contribution in [0.4, 0.5) is 0 Å². The first-order chi connectivity index (χ1) is 10.9. The highest BCUT2D eigenvalue weighted by Crippen LogP contribution is 2.20. The van der Waals surface area contributed by atoms with E-state index in [2.05, 4.69) is 19.1 Å². The number of aryl methyl sites for hydroxylation is 2. The molecule has 120 valence electrons. The summed E-state index contributed by atoms with van der Waals surface area (Å²) in [6.45, 7) is 2.51. The number of para-hydroxylation sites is 2. The molecule has 0 amide bonds. The van der Waals surface area contributed by atoms with Gasteiger partial charge in [0.1, 0.15) is 15.7 Å². The number of hydrogen-bond donors (Lipinski definition) is 0. The Bertz CT molecular complexity index is 943. The molecule has 2 aromatic carbocycles. The maximum absolute atomic E-state index is 11.6. The van der Waals surface area contributed by atoms with Crippen molar-refractivity contribution in [3.05, 3.63) is 65.5 Å². The topological polar surface area (TPSA) is 52.0 Å². The minimum absolute atomic E-state index is 0.119. The van der Waals surface area contributed by atoms with Gasteiger partial charge >= 0.3 is 0 Å². The molecule has 0 N–H and O–H groups in total. The van der Waals surface area contributed by atoms with Crippen LogP contribution in [0.1, 0.15) is 17.0 Å². The maximum atomic E-state index is 11.6.